The zero-order chi connectivity index (χ0) is 8.93. The summed E-state index contributed by atoms with van der Waals surface area (Å²) in [5.41, 5.74) is -0.396. The maximum Gasteiger partial charge on any atom is 0.332 e. The van der Waals surface area contributed by atoms with Crippen molar-refractivity contribution in [3.8, 4) is 0 Å². The molecular formula is C7H8N2O3. The molecule has 1 saturated heterocycles. The molecule has 0 radical (unpaired) electrons. The Morgan fingerprint density at radius 1 is 1.33 bits per heavy atom. The average molecular weight is 168 g/mol. The fraction of sp³-hybridized carbons (Fsp3) is 0.571. The molecule has 2 fully saturated rings. The molecule has 1 N–H and O–H groups in total. The van der Waals surface area contributed by atoms with Gasteiger partial charge in [-0.05, 0) is 19.8 Å². The van der Waals surface area contributed by atoms with Crippen LogP contribution in [0.3, 0.4) is 0 Å². The number of urea groups is 1. The van der Waals surface area contributed by atoms with E-state index in [4.69, 9.17) is 0 Å². The van der Waals surface area contributed by atoms with Gasteiger partial charge in [0.15, 0.2) is 0 Å². The lowest BCUT2D eigenvalue weighted by Crippen LogP contribution is -2.40. The van der Waals surface area contributed by atoms with Gasteiger partial charge >= 0.3 is 17.8 Å². The molecule has 1 aliphatic heterocycles. The molecule has 4 amide bonds. The van der Waals surface area contributed by atoms with E-state index >= 15 is 0 Å². The Balaban J connectivity index is 2.31. The molecule has 1 saturated carbocycles. The van der Waals surface area contributed by atoms with Gasteiger partial charge in [0.05, 0.1) is 5.54 Å². The third-order valence-corrected chi connectivity index (χ3v) is 2.33. The van der Waals surface area contributed by atoms with Crippen LogP contribution in [0.4, 0.5) is 4.79 Å². The van der Waals surface area contributed by atoms with Crippen molar-refractivity contribution in [2.75, 3.05) is 0 Å². The number of hydrogen-bond donors (Lipinski definition) is 1. The third-order valence-electron chi connectivity index (χ3n) is 2.33. The van der Waals surface area contributed by atoms with Gasteiger partial charge in [0, 0.05) is 0 Å². The van der Waals surface area contributed by atoms with Crippen LogP contribution < -0.4 is 5.32 Å². The maximum atomic E-state index is 11.1. The molecule has 1 aliphatic carbocycles. The van der Waals surface area contributed by atoms with E-state index in [2.05, 4.69) is 0 Å². The normalized spacial score (nSPS) is 26.1. The minimum Gasteiger partial charge on any atom is -0.269 e. The number of nitrogens with one attached hydrogen (secondary N) is 1. The Morgan fingerprint density at radius 2 is 1.92 bits per heavy atom. The monoisotopic (exact) mass is 168 g/mol. The highest BCUT2D eigenvalue weighted by molar-refractivity contribution is 6.45. The molecule has 64 valence electrons. The summed E-state index contributed by atoms with van der Waals surface area (Å²) in [5.74, 6) is -1.53. The summed E-state index contributed by atoms with van der Waals surface area (Å²) in [6.07, 6.45) is 1.58. The standard InChI is InChI=1S/C7H8N2O3/c1-7(2-3-7)9-5(11)4(10)8-6(9)12/h2-3H2,1H3,(H,8,10,12). The van der Waals surface area contributed by atoms with Crippen LogP contribution in [0.15, 0.2) is 0 Å². The molecule has 2 rings (SSSR count). The van der Waals surface area contributed by atoms with E-state index in [0.717, 1.165) is 17.7 Å². The molecule has 0 aromatic heterocycles. The first-order chi connectivity index (χ1) is 5.54. The Bertz CT molecular complexity index is 293. The summed E-state index contributed by atoms with van der Waals surface area (Å²) < 4.78 is 0. The SMILES string of the molecule is CC1(N2C(=O)NC(=O)C2=O)CC1. The predicted molar refractivity (Wildman–Crippen MR) is 38.0 cm³/mol. The number of carbonyl (C=O) groups excluding carboxylic acids is 3. The molecule has 12 heavy (non-hydrogen) atoms. The van der Waals surface area contributed by atoms with Crippen LogP contribution in [0.5, 0.6) is 0 Å². The molecule has 5 heteroatoms. The second kappa shape index (κ2) is 1.85. The van der Waals surface area contributed by atoms with Gasteiger partial charge in [0.25, 0.3) is 0 Å². The highest BCUT2D eigenvalue weighted by Gasteiger charge is 2.54. The molecule has 2 aliphatic rings. The van der Waals surface area contributed by atoms with Gasteiger partial charge in [-0.2, -0.15) is 0 Å². The van der Waals surface area contributed by atoms with Gasteiger partial charge in [0.1, 0.15) is 0 Å². The van der Waals surface area contributed by atoms with Crippen molar-refractivity contribution in [1.29, 1.82) is 0 Å². The largest absolute Gasteiger partial charge is 0.332 e. The fourth-order valence-electron chi connectivity index (χ4n) is 1.30. The molecule has 0 bridgehead atoms. The zero-order valence-electron chi connectivity index (χ0n) is 6.59. The highest BCUT2D eigenvalue weighted by atomic mass is 16.2. The molecule has 0 aromatic carbocycles. The Kier molecular flexibility index (Phi) is 1.12. The van der Waals surface area contributed by atoms with E-state index in [1.807, 2.05) is 5.32 Å². The number of imide groups is 2. The van der Waals surface area contributed by atoms with Crippen LogP contribution in [0.1, 0.15) is 19.8 Å². The van der Waals surface area contributed by atoms with Crippen LogP contribution in [0, 0.1) is 0 Å². The molecule has 1 heterocycles. The Hall–Kier alpha value is -1.39. The lowest BCUT2D eigenvalue weighted by molar-refractivity contribution is -0.141. The number of hydrogen-bond acceptors (Lipinski definition) is 3. The van der Waals surface area contributed by atoms with Crippen LogP contribution in [0.2, 0.25) is 0 Å². The number of amides is 4. The minimum absolute atomic E-state index is 0.396. The fourth-order valence-corrected chi connectivity index (χ4v) is 1.30. The quantitative estimate of drug-likeness (QED) is 0.428. The molecule has 0 unspecified atom stereocenters. The van der Waals surface area contributed by atoms with Crippen LogP contribution in [0.25, 0.3) is 0 Å². The van der Waals surface area contributed by atoms with Crippen molar-refractivity contribution in [2.45, 2.75) is 25.3 Å². The van der Waals surface area contributed by atoms with E-state index in [9.17, 15) is 14.4 Å². The van der Waals surface area contributed by atoms with Gasteiger partial charge in [0.2, 0.25) is 0 Å². The first-order valence-electron chi connectivity index (χ1n) is 3.74. The zero-order valence-corrected chi connectivity index (χ0v) is 6.59. The molecular weight excluding hydrogens is 160 g/mol. The topological polar surface area (TPSA) is 66.5 Å². The summed E-state index contributed by atoms with van der Waals surface area (Å²) in [4.78, 5) is 33.9. The molecule has 5 nitrogen and oxygen atoms in total. The first kappa shape index (κ1) is 7.27. The van der Waals surface area contributed by atoms with E-state index in [1.165, 1.54) is 0 Å². The van der Waals surface area contributed by atoms with Crippen molar-refractivity contribution in [3.05, 3.63) is 0 Å². The number of carbonyl (C=O) groups is 3. The van der Waals surface area contributed by atoms with Crippen molar-refractivity contribution in [1.82, 2.24) is 10.2 Å². The van der Waals surface area contributed by atoms with Crippen molar-refractivity contribution >= 4 is 17.8 Å². The van der Waals surface area contributed by atoms with E-state index < -0.39 is 23.4 Å². The van der Waals surface area contributed by atoms with E-state index in [0.29, 0.717) is 0 Å². The molecule has 0 aromatic rings. The summed E-state index contributed by atoms with van der Waals surface area (Å²) in [6, 6.07) is -0.579. The van der Waals surface area contributed by atoms with Gasteiger partial charge in [-0.25, -0.2) is 9.69 Å². The summed E-state index contributed by atoms with van der Waals surface area (Å²) in [7, 11) is 0. The van der Waals surface area contributed by atoms with Gasteiger partial charge in [-0.1, -0.05) is 0 Å². The summed E-state index contributed by atoms with van der Waals surface area (Å²) in [6.45, 7) is 1.79. The molecule has 0 atom stereocenters. The van der Waals surface area contributed by atoms with E-state index in [-0.39, 0.29) is 0 Å². The number of nitrogens with zero attached hydrogens (tertiary/aromatic N) is 1. The van der Waals surface area contributed by atoms with Crippen molar-refractivity contribution in [2.24, 2.45) is 0 Å². The predicted octanol–water partition coefficient (Wildman–Crippen LogP) is -0.383. The lowest BCUT2D eigenvalue weighted by Gasteiger charge is -2.18. The smallest absolute Gasteiger partial charge is 0.269 e. The highest BCUT2D eigenvalue weighted by Crippen LogP contribution is 2.42. The van der Waals surface area contributed by atoms with Gasteiger partial charge < -0.3 is 0 Å². The second-order valence-electron chi connectivity index (χ2n) is 3.40. The first-order valence-corrected chi connectivity index (χ1v) is 3.74. The Morgan fingerprint density at radius 3 is 2.25 bits per heavy atom. The lowest BCUT2D eigenvalue weighted by atomic mass is 10.3. The van der Waals surface area contributed by atoms with Crippen molar-refractivity contribution < 1.29 is 14.4 Å². The molecule has 0 spiro atoms. The second-order valence-corrected chi connectivity index (χ2v) is 3.40. The average Bonchev–Trinajstić information content (AvgIpc) is 2.62. The van der Waals surface area contributed by atoms with Crippen LogP contribution in [-0.4, -0.2) is 28.3 Å². The van der Waals surface area contributed by atoms with Gasteiger partial charge in [-0.15, -0.1) is 0 Å². The minimum atomic E-state index is -0.812. The summed E-state index contributed by atoms with van der Waals surface area (Å²) in [5, 5.41) is 1.96. The Labute approximate surface area is 68.7 Å². The third kappa shape index (κ3) is 0.760. The van der Waals surface area contributed by atoms with E-state index in [1.54, 1.807) is 6.92 Å². The van der Waals surface area contributed by atoms with Crippen LogP contribution in [-0.2, 0) is 9.59 Å². The number of rotatable bonds is 1. The van der Waals surface area contributed by atoms with Crippen LogP contribution >= 0.6 is 0 Å². The summed E-state index contributed by atoms with van der Waals surface area (Å²) >= 11 is 0. The maximum absolute atomic E-state index is 11.1. The van der Waals surface area contributed by atoms with Crippen molar-refractivity contribution in [3.63, 3.8) is 0 Å². The van der Waals surface area contributed by atoms with Gasteiger partial charge in [-0.3, -0.25) is 14.9 Å².